The Bertz CT molecular complexity index is 1080. The summed E-state index contributed by atoms with van der Waals surface area (Å²) in [5, 5.41) is 6.12. The van der Waals surface area contributed by atoms with E-state index < -0.39 is 0 Å². The lowest BCUT2D eigenvalue weighted by atomic mass is 10.0. The fourth-order valence-corrected chi connectivity index (χ4v) is 4.28. The maximum atomic E-state index is 12.9. The molecule has 2 N–H and O–H groups in total. The summed E-state index contributed by atoms with van der Waals surface area (Å²) in [6.07, 6.45) is 5.11. The number of benzene rings is 2. The zero-order valence-electron chi connectivity index (χ0n) is 17.6. The van der Waals surface area contributed by atoms with Gasteiger partial charge in [0.1, 0.15) is 0 Å². The Labute approximate surface area is 196 Å². The molecule has 7 heteroatoms. The Morgan fingerprint density at radius 3 is 2.56 bits per heavy atom. The fraction of sp³-hybridized carbons (Fsp3) is 0.240. The molecule has 0 atom stereocenters. The van der Waals surface area contributed by atoms with Gasteiger partial charge >= 0.3 is 0 Å². The number of halogens is 1. The van der Waals surface area contributed by atoms with Crippen molar-refractivity contribution in [1.29, 1.82) is 0 Å². The lowest BCUT2D eigenvalue weighted by molar-refractivity contribution is 0.0929. The van der Waals surface area contributed by atoms with Crippen LogP contribution in [0.2, 0.25) is 0 Å². The molecule has 1 aromatic heterocycles. The van der Waals surface area contributed by atoms with Crippen molar-refractivity contribution in [2.24, 2.45) is 0 Å². The number of amides is 2. The van der Waals surface area contributed by atoms with Crippen LogP contribution < -0.4 is 15.5 Å². The van der Waals surface area contributed by atoms with Gasteiger partial charge in [-0.05, 0) is 54.8 Å². The molecule has 2 aromatic carbocycles. The summed E-state index contributed by atoms with van der Waals surface area (Å²) < 4.78 is 0.887. The van der Waals surface area contributed by atoms with Crippen LogP contribution in [0.4, 0.5) is 5.69 Å². The molecule has 6 nitrogen and oxygen atoms in total. The average molecular weight is 493 g/mol. The van der Waals surface area contributed by atoms with Crippen molar-refractivity contribution in [1.82, 2.24) is 15.6 Å². The number of carbonyl (C=O) groups is 2. The molecule has 1 fully saturated rings. The second-order valence-electron chi connectivity index (χ2n) is 7.81. The van der Waals surface area contributed by atoms with Crippen molar-refractivity contribution in [2.45, 2.75) is 25.4 Å². The standard InChI is InChI=1S/C25H25BrN4O2/c26-20-7-3-6-19(15-20)24(31)29-21-10-13-30(14-11-21)23-9-2-1-8-22(23)25(32)28-17-18-5-4-12-27-16-18/h1-9,12,15-16,21H,10-11,13-14,17H2,(H,28,32)(H,29,31). The van der Waals surface area contributed by atoms with Crippen LogP contribution in [-0.4, -0.2) is 35.9 Å². The van der Waals surface area contributed by atoms with Crippen LogP contribution in [-0.2, 0) is 6.54 Å². The summed E-state index contributed by atoms with van der Waals surface area (Å²) in [7, 11) is 0. The van der Waals surface area contributed by atoms with Crippen LogP contribution in [0, 0.1) is 0 Å². The minimum absolute atomic E-state index is 0.0556. The van der Waals surface area contributed by atoms with Crippen LogP contribution in [0.5, 0.6) is 0 Å². The second kappa shape index (κ2) is 10.4. The van der Waals surface area contributed by atoms with Gasteiger partial charge in [-0.25, -0.2) is 0 Å². The Morgan fingerprint density at radius 1 is 1.00 bits per heavy atom. The van der Waals surface area contributed by atoms with Crippen LogP contribution >= 0.6 is 15.9 Å². The highest BCUT2D eigenvalue weighted by Crippen LogP contribution is 2.25. The molecule has 3 aromatic rings. The third-order valence-electron chi connectivity index (χ3n) is 5.58. The third kappa shape index (κ3) is 5.53. The summed E-state index contributed by atoms with van der Waals surface area (Å²) >= 11 is 3.41. The molecular weight excluding hydrogens is 468 g/mol. The fourth-order valence-electron chi connectivity index (χ4n) is 3.88. The van der Waals surface area contributed by atoms with Crippen molar-refractivity contribution in [2.75, 3.05) is 18.0 Å². The van der Waals surface area contributed by atoms with Gasteiger partial charge in [-0.3, -0.25) is 14.6 Å². The van der Waals surface area contributed by atoms with E-state index in [-0.39, 0.29) is 17.9 Å². The summed E-state index contributed by atoms with van der Waals surface area (Å²) in [4.78, 5) is 31.7. The highest BCUT2D eigenvalue weighted by Gasteiger charge is 2.24. The van der Waals surface area contributed by atoms with E-state index in [1.807, 2.05) is 60.7 Å². The van der Waals surface area contributed by atoms with Gasteiger partial charge < -0.3 is 15.5 Å². The molecule has 0 spiro atoms. The predicted molar refractivity (Wildman–Crippen MR) is 129 cm³/mol. The molecular formula is C25H25BrN4O2. The molecule has 0 saturated carbocycles. The molecule has 4 rings (SSSR count). The quantitative estimate of drug-likeness (QED) is 0.541. The molecule has 0 unspecified atom stereocenters. The van der Waals surface area contributed by atoms with Crippen LogP contribution in [0.25, 0.3) is 0 Å². The van der Waals surface area contributed by atoms with Gasteiger partial charge in [0.25, 0.3) is 11.8 Å². The first-order valence-electron chi connectivity index (χ1n) is 10.7. The van der Waals surface area contributed by atoms with E-state index in [1.54, 1.807) is 12.4 Å². The molecule has 2 amide bonds. The van der Waals surface area contributed by atoms with Crippen LogP contribution in [0.15, 0.2) is 77.5 Å². The molecule has 2 heterocycles. The molecule has 32 heavy (non-hydrogen) atoms. The van der Waals surface area contributed by atoms with Crippen LogP contribution in [0.3, 0.4) is 0 Å². The van der Waals surface area contributed by atoms with E-state index in [1.165, 1.54) is 0 Å². The summed E-state index contributed by atoms with van der Waals surface area (Å²) in [6.45, 7) is 1.98. The van der Waals surface area contributed by atoms with Crippen molar-refractivity contribution >= 4 is 33.4 Å². The van der Waals surface area contributed by atoms with E-state index in [9.17, 15) is 9.59 Å². The first-order chi connectivity index (χ1) is 15.6. The Kier molecular flexibility index (Phi) is 7.17. The molecule has 0 radical (unpaired) electrons. The van der Waals surface area contributed by atoms with Gasteiger partial charge in [-0.15, -0.1) is 0 Å². The lowest BCUT2D eigenvalue weighted by Gasteiger charge is -2.35. The zero-order chi connectivity index (χ0) is 22.3. The highest BCUT2D eigenvalue weighted by molar-refractivity contribution is 9.10. The number of para-hydroxylation sites is 1. The number of aromatic nitrogens is 1. The van der Waals surface area contributed by atoms with E-state index in [2.05, 4.69) is 36.4 Å². The number of pyridine rings is 1. The predicted octanol–water partition coefficient (Wildman–Crippen LogP) is 4.17. The largest absolute Gasteiger partial charge is 0.371 e. The first-order valence-corrected chi connectivity index (χ1v) is 11.5. The van der Waals surface area contributed by atoms with Crippen molar-refractivity contribution in [3.05, 3.63) is 94.2 Å². The first kappa shape index (κ1) is 22.0. The summed E-state index contributed by atoms with van der Waals surface area (Å²) in [6, 6.07) is 19.0. The van der Waals surface area contributed by atoms with Gasteiger partial charge in [-0.2, -0.15) is 0 Å². The van der Waals surface area contributed by atoms with Crippen molar-refractivity contribution < 1.29 is 9.59 Å². The van der Waals surface area contributed by atoms with Gasteiger partial charge in [0.2, 0.25) is 0 Å². The Balaban J connectivity index is 1.35. The molecule has 0 aliphatic carbocycles. The highest BCUT2D eigenvalue weighted by atomic mass is 79.9. The number of hydrogen-bond donors (Lipinski definition) is 2. The number of anilines is 1. The smallest absolute Gasteiger partial charge is 0.253 e. The minimum atomic E-state index is -0.102. The maximum absolute atomic E-state index is 12.9. The normalized spacial score (nSPS) is 14.1. The second-order valence-corrected chi connectivity index (χ2v) is 8.72. The molecule has 0 bridgehead atoms. The maximum Gasteiger partial charge on any atom is 0.253 e. The number of carbonyl (C=O) groups excluding carboxylic acids is 2. The average Bonchev–Trinajstić information content (AvgIpc) is 2.84. The topological polar surface area (TPSA) is 74.3 Å². The number of nitrogens with zero attached hydrogens (tertiary/aromatic N) is 2. The SMILES string of the molecule is O=C(NC1CCN(c2ccccc2C(=O)NCc2cccnc2)CC1)c1cccc(Br)c1. The van der Waals surface area contributed by atoms with Gasteiger partial charge in [0, 0.05) is 53.8 Å². The lowest BCUT2D eigenvalue weighted by Crippen LogP contribution is -2.45. The number of rotatable bonds is 6. The van der Waals surface area contributed by atoms with E-state index in [0.29, 0.717) is 17.7 Å². The molecule has 1 aliphatic rings. The molecule has 1 aliphatic heterocycles. The third-order valence-corrected chi connectivity index (χ3v) is 6.08. The minimum Gasteiger partial charge on any atom is -0.371 e. The van der Waals surface area contributed by atoms with Crippen molar-refractivity contribution in [3.63, 3.8) is 0 Å². The number of nitrogens with one attached hydrogen (secondary N) is 2. The summed E-state index contributed by atoms with van der Waals surface area (Å²) in [5.41, 5.74) is 3.19. The van der Waals surface area contributed by atoms with E-state index >= 15 is 0 Å². The molecule has 164 valence electrons. The van der Waals surface area contributed by atoms with Gasteiger partial charge in [0.15, 0.2) is 0 Å². The number of piperidine rings is 1. The Morgan fingerprint density at radius 2 is 1.81 bits per heavy atom. The van der Waals surface area contributed by atoms with Gasteiger partial charge in [0.05, 0.1) is 5.56 Å². The van der Waals surface area contributed by atoms with Gasteiger partial charge in [-0.1, -0.05) is 40.2 Å². The van der Waals surface area contributed by atoms with E-state index in [0.717, 1.165) is 41.7 Å². The summed E-state index contributed by atoms with van der Waals surface area (Å²) in [5.74, 6) is -0.158. The number of hydrogen-bond acceptors (Lipinski definition) is 4. The van der Waals surface area contributed by atoms with E-state index in [4.69, 9.17) is 0 Å². The van der Waals surface area contributed by atoms with Crippen molar-refractivity contribution in [3.8, 4) is 0 Å². The van der Waals surface area contributed by atoms with Crippen LogP contribution in [0.1, 0.15) is 39.1 Å². The Hall–Kier alpha value is -3.19. The zero-order valence-corrected chi connectivity index (χ0v) is 19.2. The molecule has 1 saturated heterocycles. The monoisotopic (exact) mass is 492 g/mol.